The lowest BCUT2D eigenvalue weighted by Crippen LogP contribution is -2.45. The number of aliphatic carboxylic acids is 1. The molecule has 0 aliphatic heterocycles. The van der Waals surface area contributed by atoms with Crippen molar-refractivity contribution in [1.82, 2.24) is 10.6 Å². The Morgan fingerprint density at radius 1 is 1.38 bits per heavy atom. The summed E-state index contributed by atoms with van der Waals surface area (Å²) in [6.07, 6.45) is 1.08. The van der Waals surface area contributed by atoms with Gasteiger partial charge in [-0.2, -0.15) is 0 Å². The molecule has 0 saturated carbocycles. The highest BCUT2D eigenvalue weighted by Crippen LogP contribution is 2.19. The Morgan fingerprint density at radius 3 is 2.67 bits per heavy atom. The maximum atomic E-state index is 11.8. The number of carbonyl (C=O) groups is 2. The van der Waals surface area contributed by atoms with Gasteiger partial charge >= 0.3 is 12.0 Å². The van der Waals surface area contributed by atoms with Gasteiger partial charge in [-0.3, -0.25) is 0 Å². The van der Waals surface area contributed by atoms with Crippen LogP contribution in [0.15, 0.2) is 18.2 Å². The molecule has 0 fully saturated rings. The van der Waals surface area contributed by atoms with E-state index in [2.05, 4.69) is 10.6 Å². The van der Waals surface area contributed by atoms with Gasteiger partial charge < -0.3 is 20.5 Å². The first-order valence-corrected chi connectivity index (χ1v) is 6.88. The first-order chi connectivity index (χ1) is 9.97. The van der Waals surface area contributed by atoms with E-state index < -0.39 is 18.0 Å². The molecule has 6 nitrogen and oxygen atoms in total. The zero-order valence-corrected chi connectivity index (χ0v) is 12.6. The van der Waals surface area contributed by atoms with E-state index in [1.165, 1.54) is 0 Å². The third kappa shape index (κ3) is 5.33. The number of amides is 2. The van der Waals surface area contributed by atoms with E-state index in [0.717, 1.165) is 11.1 Å². The molecular weight excluding hydrogens is 272 g/mol. The molecule has 1 aromatic rings. The van der Waals surface area contributed by atoms with Gasteiger partial charge in [0.1, 0.15) is 11.8 Å². The number of urea groups is 1. The lowest BCUT2D eigenvalue weighted by molar-refractivity contribution is -0.139. The van der Waals surface area contributed by atoms with Crippen LogP contribution in [0.2, 0.25) is 0 Å². The molecule has 0 aliphatic rings. The second-order valence-electron chi connectivity index (χ2n) is 4.82. The number of hydrogen-bond acceptors (Lipinski definition) is 3. The first-order valence-electron chi connectivity index (χ1n) is 6.88. The average Bonchev–Trinajstić information content (AvgIpc) is 2.44. The molecule has 0 bridgehead atoms. The first kappa shape index (κ1) is 16.8. The monoisotopic (exact) mass is 294 g/mol. The SMILES string of the molecule is CCCC(NC(=O)NCc1cc(C)ccc1OC)C(=O)O. The molecule has 0 aromatic heterocycles. The topological polar surface area (TPSA) is 87.7 Å². The molecule has 3 N–H and O–H groups in total. The highest BCUT2D eigenvalue weighted by molar-refractivity contribution is 5.82. The molecule has 2 amide bonds. The molecule has 116 valence electrons. The van der Waals surface area contributed by atoms with E-state index >= 15 is 0 Å². The van der Waals surface area contributed by atoms with Crippen molar-refractivity contribution in [2.45, 2.75) is 39.3 Å². The summed E-state index contributed by atoms with van der Waals surface area (Å²) in [5.41, 5.74) is 1.90. The average molecular weight is 294 g/mol. The highest BCUT2D eigenvalue weighted by atomic mass is 16.5. The lowest BCUT2D eigenvalue weighted by atomic mass is 10.1. The number of nitrogens with one attached hydrogen (secondary N) is 2. The van der Waals surface area contributed by atoms with Crippen molar-refractivity contribution in [3.8, 4) is 5.75 Å². The zero-order valence-electron chi connectivity index (χ0n) is 12.6. The molecule has 1 unspecified atom stereocenters. The minimum absolute atomic E-state index is 0.273. The molecular formula is C15H22N2O4. The molecule has 0 heterocycles. The number of aryl methyl sites for hydroxylation is 1. The quantitative estimate of drug-likeness (QED) is 0.718. The van der Waals surface area contributed by atoms with Crippen LogP contribution in [0.5, 0.6) is 5.75 Å². The van der Waals surface area contributed by atoms with Crippen molar-refractivity contribution in [3.05, 3.63) is 29.3 Å². The number of ether oxygens (including phenoxy) is 1. The Balaban J connectivity index is 2.60. The van der Waals surface area contributed by atoms with Crippen molar-refractivity contribution in [1.29, 1.82) is 0 Å². The summed E-state index contributed by atoms with van der Waals surface area (Å²) < 4.78 is 5.22. The van der Waals surface area contributed by atoms with Gasteiger partial charge in [0.25, 0.3) is 0 Å². The summed E-state index contributed by atoms with van der Waals surface area (Å²) >= 11 is 0. The summed E-state index contributed by atoms with van der Waals surface area (Å²) in [6, 6.07) is 4.31. The summed E-state index contributed by atoms with van der Waals surface area (Å²) in [5, 5.41) is 14.1. The van der Waals surface area contributed by atoms with Crippen LogP contribution in [0.1, 0.15) is 30.9 Å². The molecule has 1 aromatic carbocycles. The van der Waals surface area contributed by atoms with E-state index in [9.17, 15) is 9.59 Å². The van der Waals surface area contributed by atoms with Crippen molar-refractivity contribution in [2.75, 3.05) is 7.11 Å². The van der Waals surface area contributed by atoms with Gasteiger partial charge in [0.15, 0.2) is 0 Å². The normalized spacial score (nSPS) is 11.6. The fourth-order valence-corrected chi connectivity index (χ4v) is 1.98. The van der Waals surface area contributed by atoms with Crippen LogP contribution in [0, 0.1) is 6.92 Å². The molecule has 1 atom stereocenters. The number of carboxylic acids is 1. The standard InChI is InChI=1S/C15H22N2O4/c1-4-5-12(14(18)19)17-15(20)16-9-11-8-10(2)6-7-13(11)21-3/h6-8,12H,4-5,9H2,1-3H3,(H,18,19)(H2,16,17,20). The van der Waals surface area contributed by atoms with Crippen LogP contribution >= 0.6 is 0 Å². The van der Waals surface area contributed by atoms with Gasteiger partial charge in [0, 0.05) is 12.1 Å². The summed E-state index contributed by atoms with van der Waals surface area (Å²) in [5.74, 6) is -0.343. The number of methoxy groups -OCH3 is 1. The van der Waals surface area contributed by atoms with Crippen LogP contribution in [0.4, 0.5) is 4.79 Å². The van der Waals surface area contributed by atoms with E-state index in [0.29, 0.717) is 18.6 Å². The third-order valence-corrected chi connectivity index (χ3v) is 3.06. The predicted octanol–water partition coefficient (Wildman–Crippen LogP) is 2.06. The van der Waals surface area contributed by atoms with Gasteiger partial charge in [-0.25, -0.2) is 9.59 Å². The van der Waals surface area contributed by atoms with E-state index in [4.69, 9.17) is 9.84 Å². The predicted molar refractivity (Wildman–Crippen MR) is 79.4 cm³/mol. The summed E-state index contributed by atoms with van der Waals surface area (Å²) in [7, 11) is 1.57. The second-order valence-corrected chi connectivity index (χ2v) is 4.82. The third-order valence-electron chi connectivity index (χ3n) is 3.06. The van der Waals surface area contributed by atoms with Crippen molar-refractivity contribution in [3.63, 3.8) is 0 Å². The van der Waals surface area contributed by atoms with Gasteiger partial charge in [-0.1, -0.05) is 31.0 Å². The number of rotatable bonds is 7. The summed E-state index contributed by atoms with van der Waals surface area (Å²) in [4.78, 5) is 22.7. The van der Waals surface area contributed by atoms with Gasteiger partial charge in [0.05, 0.1) is 7.11 Å². The zero-order chi connectivity index (χ0) is 15.8. The number of carbonyl (C=O) groups excluding carboxylic acids is 1. The van der Waals surface area contributed by atoms with Crippen molar-refractivity contribution in [2.24, 2.45) is 0 Å². The fourth-order valence-electron chi connectivity index (χ4n) is 1.98. The van der Waals surface area contributed by atoms with Gasteiger partial charge in [0.2, 0.25) is 0 Å². The molecule has 0 spiro atoms. The highest BCUT2D eigenvalue weighted by Gasteiger charge is 2.18. The Bertz CT molecular complexity index is 502. The second kappa shape index (κ2) is 8.14. The lowest BCUT2D eigenvalue weighted by Gasteiger charge is -2.15. The van der Waals surface area contributed by atoms with E-state index in [1.807, 2.05) is 32.0 Å². The Labute approximate surface area is 124 Å². The molecule has 0 saturated heterocycles. The smallest absolute Gasteiger partial charge is 0.326 e. The number of hydrogen-bond donors (Lipinski definition) is 3. The Hall–Kier alpha value is -2.24. The maximum Gasteiger partial charge on any atom is 0.326 e. The fraction of sp³-hybridized carbons (Fsp3) is 0.467. The van der Waals surface area contributed by atoms with Crippen LogP contribution in [0.25, 0.3) is 0 Å². The Kier molecular flexibility index (Phi) is 6.52. The largest absolute Gasteiger partial charge is 0.496 e. The van der Waals surface area contributed by atoms with Crippen molar-refractivity contribution >= 4 is 12.0 Å². The van der Waals surface area contributed by atoms with E-state index in [1.54, 1.807) is 7.11 Å². The molecule has 6 heteroatoms. The molecule has 1 rings (SSSR count). The van der Waals surface area contributed by atoms with Crippen LogP contribution in [-0.2, 0) is 11.3 Å². The minimum atomic E-state index is -1.03. The molecule has 0 radical (unpaired) electrons. The number of benzene rings is 1. The summed E-state index contributed by atoms with van der Waals surface area (Å²) in [6.45, 7) is 4.09. The maximum absolute atomic E-state index is 11.8. The minimum Gasteiger partial charge on any atom is -0.496 e. The van der Waals surface area contributed by atoms with Crippen LogP contribution in [-0.4, -0.2) is 30.3 Å². The Morgan fingerprint density at radius 2 is 2.10 bits per heavy atom. The van der Waals surface area contributed by atoms with E-state index in [-0.39, 0.29) is 6.54 Å². The molecule has 21 heavy (non-hydrogen) atoms. The van der Waals surface area contributed by atoms with Crippen LogP contribution < -0.4 is 15.4 Å². The van der Waals surface area contributed by atoms with Gasteiger partial charge in [-0.05, 0) is 19.4 Å². The number of carboxylic acid groups (broad SMARTS) is 1. The molecule has 0 aliphatic carbocycles. The van der Waals surface area contributed by atoms with Gasteiger partial charge in [-0.15, -0.1) is 0 Å². The van der Waals surface area contributed by atoms with Crippen molar-refractivity contribution < 1.29 is 19.4 Å². The van der Waals surface area contributed by atoms with Crippen LogP contribution in [0.3, 0.4) is 0 Å².